The zero-order chi connectivity index (χ0) is 19.2. The third-order valence-electron chi connectivity index (χ3n) is 4.35. The molecule has 0 atom stereocenters. The summed E-state index contributed by atoms with van der Waals surface area (Å²) >= 11 is 0. The normalized spacial score (nSPS) is 10.7. The van der Waals surface area contributed by atoms with Crippen molar-refractivity contribution in [1.82, 2.24) is 14.9 Å². The van der Waals surface area contributed by atoms with Gasteiger partial charge in [0.05, 0.1) is 5.52 Å². The summed E-state index contributed by atoms with van der Waals surface area (Å²) in [6, 6.07) is 10.9. The Labute approximate surface area is 157 Å². The fraction of sp³-hybridized carbons (Fsp3) is 0.286. The number of carbonyl (C=O) groups is 1. The van der Waals surface area contributed by atoms with E-state index in [0.29, 0.717) is 18.8 Å². The maximum absolute atomic E-state index is 12.3. The summed E-state index contributed by atoms with van der Waals surface area (Å²) in [6.07, 6.45) is 4.23. The highest BCUT2D eigenvalue weighted by molar-refractivity contribution is 5.84. The van der Waals surface area contributed by atoms with Gasteiger partial charge in [-0.3, -0.25) is 14.6 Å². The van der Waals surface area contributed by atoms with E-state index in [1.165, 1.54) is 0 Å². The molecule has 2 aromatic heterocycles. The van der Waals surface area contributed by atoms with Crippen LogP contribution in [0.1, 0.15) is 24.5 Å². The van der Waals surface area contributed by atoms with Crippen LogP contribution in [-0.2, 0) is 17.9 Å². The van der Waals surface area contributed by atoms with Crippen LogP contribution in [0.2, 0.25) is 0 Å². The Hall–Kier alpha value is -3.15. The topological polar surface area (TPSA) is 73.2 Å². The van der Waals surface area contributed by atoms with E-state index in [4.69, 9.17) is 4.74 Å². The molecule has 27 heavy (non-hydrogen) atoms. The molecule has 0 aliphatic carbocycles. The highest BCUT2D eigenvalue weighted by Crippen LogP contribution is 2.22. The van der Waals surface area contributed by atoms with Crippen LogP contribution in [0.15, 0.2) is 53.6 Å². The molecule has 140 valence electrons. The third-order valence-corrected chi connectivity index (χ3v) is 4.35. The molecule has 1 N–H and O–H groups in total. The summed E-state index contributed by atoms with van der Waals surface area (Å²) in [7, 11) is 0. The lowest BCUT2D eigenvalue weighted by molar-refractivity contribution is -0.123. The van der Waals surface area contributed by atoms with Gasteiger partial charge >= 0.3 is 0 Å². The number of rotatable bonds is 7. The smallest absolute Gasteiger partial charge is 0.258 e. The van der Waals surface area contributed by atoms with Crippen molar-refractivity contribution in [3.05, 3.63) is 70.3 Å². The maximum Gasteiger partial charge on any atom is 0.258 e. The minimum atomic E-state index is -0.206. The molecular weight excluding hydrogens is 342 g/mol. The number of hydrogen-bond acceptors (Lipinski definition) is 4. The number of amides is 1. The molecule has 3 rings (SSSR count). The molecule has 6 heteroatoms. The Bertz CT molecular complexity index is 997. The highest BCUT2D eigenvalue weighted by atomic mass is 16.5. The first-order chi connectivity index (χ1) is 13.1. The van der Waals surface area contributed by atoms with Crippen molar-refractivity contribution in [2.24, 2.45) is 0 Å². The summed E-state index contributed by atoms with van der Waals surface area (Å²) in [5.74, 6) is 0.360. The molecule has 0 radical (unpaired) electrons. The summed E-state index contributed by atoms with van der Waals surface area (Å²) in [5.41, 5.74) is 2.72. The van der Waals surface area contributed by atoms with Gasteiger partial charge in [-0.1, -0.05) is 6.92 Å². The molecule has 0 saturated heterocycles. The average Bonchev–Trinajstić information content (AvgIpc) is 2.68. The molecule has 2 heterocycles. The Balaban J connectivity index is 1.70. The van der Waals surface area contributed by atoms with Gasteiger partial charge in [-0.15, -0.1) is 0 Å². The predicted octanol–water partition coefficient (Wildman–Crippen LogP) is 2.81. The van der Waals surface area contributed by atoms with E-state index in [2.05, 4.69) is 10.3 Å². The molecule has 0 bridgehead atoms. The molecule has 3 aromatic rings. The van der Waals surface area contributed by atoms with Crippen molar-refractivity contribution in [2.45, 2.75) is 33.4 Å². The lowest BCUT2D eigenvalue weighted by atomic mass is 10.1. The SMILES string of the molecule is CCCn1c(=O)cc(C)c2ccc(OCC(=O)NCc3ccncc3)cc21. The Morgan fingerprint density at radius 3 is 2.70 bits per heavy atom. The first kappa shape index (κ1) is 18.6. The fourth-order valence-electron chi connectivity index (χ4n) is 2.97. The number of hydrogen-bond donors (Lipinski definition) is 1. The number of ether oxygens (including phenoxy) is 1. The lowest BCUT2D eigenvalue weighted by Crippen LogP contribution is -2.28. The standard InChI is InChI=1S/C21H23N3O3/c1-3-10-24-19-12-17(4-5-18(19)15(2)11-21(24)26)27-14-20(25)23-13-16-6-8-22-9-7-16/h4-9,11-12H,3,10,13-14H2,1-2H3,(H,23,25). The van der Waals surface area contributed by atoms with Crippen molar-refractivity contribution in [3.8, 4) is 5.75 Å². The van der Waals surface area contributed by atoms with E-state index in [1.807, 2.05) is 44.2 Å². The second-order valence-electron chi connectivity index (χ2n) is 6.42. The van der Waals surface area contributed by atoms with Crippen LogP contribution in [0.4, 0.5) is 0 Å². The molecule has 1 amide bonds. The largest absolute Gasteiger partial charge is 0.484 e. The van der Waals surface area contributed by atoms with Crippen molar-refractivity contribution >= 4 is 16.8 Å². The number of aromatic nitrogens is 2. The van der Waals surface area contributed by atoms with E-state index >= 15 is 0 Å². The first-order valence-corrected chi connectivity index (χ1v) is 9.01. The third kappa shape index (κ3) is 4.53. The van der Waals surface area contributed by atoms with Gasteiger partial charge in [0.25, 0.3) is 11.5 Å². The summed E-state index contributed by atoms with van der Waals surface area (Å²) in [6.45, 7) is 4.95. The van der Waals surface area contributed by atoms with E-state index < -0.39 is 0 Å². The molecule has 6 nitrogen and oxygen atoms in total. The van der Waals surface area contributed by atoms with Gasteiger partial charge in [-0.2, -0.15) is 0 Å². The number of nitrogens with one attached hydrogen (secondary N) is 1. The van der Waals surface area contributed by atoms with E-state index in [0.717, 1.165) is 28.5 Å². The van der Waals surface area contributed by atoms with Crippen LogP contribution in [0, 0.1) is 6.92 Å². The van der Waals surface area contributed by atoms with Crippen molar-refractivity contribution in [1.29, 1.82) is 0 Å². The molecule has 0 aliphatic heterocycles. The molecule has 0 saturated carbocycles. The minimum absolute atomic E-state index is 0.0194. The van der Waals surface area contributed by atoms with Gasteiger partial charge in [0.2, 0.25) is 0 Å². The summed E-state index contributed by atoms with van der Waals surface area (Å²) in [4.78, 5) is 28.3. The minimum Gasteiger partial charge on any atom is -0.484 e. The van der Waals surface area contributed by atoms with E-state index in [1.54, 1.807) is 23.0 Å². The van der Waals surface area contributed by atoms with E-state index in [-0.39, 0.29) is 18.1 Å². The van der Waals surface area contributed by atoms with Crippen LogP contribution in [0.5, 0.6) is 5.75 Å². The average molecular weight is 365 g/mol. The quantitative estimate of drug-likeness (QED) is 0.699. The lowest BCUT2D eigenvalue weighted by Gasteiger charge is -2.13. The second-order valence-corrected chi connectivity index (χ2v) is 6.42. The van der Waals surface area contributed by atoms with Gasteiger partial charge < -0.3 is 14.6 Å². The maximum atomic E-state index is 12.3. The number of fused-ring (bicyclic) bond motifs is 1. The Morgan fingerprint density at radius 2 is 1.96 bits per heavy atom. The molecule has 0 unspecified atom stereocenters. The molecular formula is C21H23N3O3. The van der Waals surface area contributed by atoms with Gasteiger partial charge in [0, 0.05) is 43.0 Å². The number of benzene rings is 1. The van der Waals surface area contributed by atoms with Crippen LogP contribution >= 0.6 is 0 Å². The molecule has 0 spiro atoms. The van der Waals surface area contributed by atoms with Crippen molar-refractivity contribution < 1.29 is 9.53 Å². The molecule has 1 aromatic carbocycles. The monoisotopic (exact) mass is 365 g/mol. The zero-order valence-electron chi connectivity index (χ0n) is 15.6. The van der Waals surface area contributed by atoms with Crippen molar-refractivity contribution in [3.63, 3.8) is 0 Å². The first-order valence-electron chi connectivity index (χ1n) is 9.01. The van der Waals surface area contributed by atoms with Crippen LogP contribution in [-0.4, -0.2) is 22.1 Å². The van der Waals surface area contributed by atoms with E-state index in [9.17, 15) is 9.59 Å². The second kappa shape index (κ2) is 8.49. The zero-order valence-corrected chi connectivity index (χ0v) is 15.6. The van der Waals surface area contributed by atoms with Crippen LogP contribution in [0.3, 0.4) is 0 Å². The van der Waals surface area contributed by atoms with Gasteiger partial charge in [-0.05, 0) is 48.7 Å². The summed E-state index contributed by atoms with van der Waals surface area (Å²) < 4.78 is 7.39. The number of pyridine rings is 2. The van der Waals surface area contributed by atoms with Gasteiger partial charge in [-0.25, -0.2) is 0 Å². The molecule has 0 fully saturated rings. The molecule has 0 aliphatic rings. The predicted molar refractivity (Wildman–Crippen MR) is 105 cm³/mol. The number of nitrogens with zero attached hydrogens (tertiary/aromatic N) is 2. The summed E-state index contributed by atoms with van der Waals surface area (Å²) in [5, 5.41) is 3.82. The fourth-order valence-corrected chi connectivity index (χ4v) is 2.97. The Kier molecular flexibility index (Phi) is 5.86. The van der Waals surface area contributed by atoms with Crippen LogP contribution < -0.4 is 15.6 Å². The Morgan fingerprint density at radius 1 is 1.19 bits per heavy atom. The number of carbonyl (C=O) groups excluding carboxylic acids is 1. The highest BCUT2D eigenvalue weighted by Gasteiger charge is 2.09. The number of aryl methyl sites for hydroxylation is 2. The van der Waals surface area contributed by atoms with Gasteiger partial charge in [0.1, 0.15) is 5.75 Å². The van der Waals surface area contributed by atoms with Crippen LogP contribution in [0.25, 0.3) is 10.9 Å². The van der Waals surface area contributed by atoms with Crippen molar-refractivity contribution in [2.75, 3.05) is 6.61 Å². The van der Waals surface area contributed by atoms with Gasteiger partial charge in [0.15, 0.2) is 6.61 Å².